The van der Waals surface area contributed by atoms with Gasteiger partial charge in [0.1, 0.15) is 5.82 Å². The highest BCUT2D eigenvalue weighted by Gasteiger charge is 2.25. The van der Waals surface area contributed by atoms with E-state index in [4.69, 9.17) is 0 Å². The van der Waals surface area contributed by atoms with Gasteiger partial charge in [0.05, 0.1) is 12.7 Å². The average molecular weight is 454 g/mol. The SMILES string of the molecule is O=c1n(Cc2ccc(-c3ccc(F)c(CN4CCSCC4)c3)cc2)cc(O)n1C1CCC1. The first kappa shape index (κ1) is 21.3. The maximum Gasteiger partial charge on any atom is 0.331 e. The van der Waals surface area contributed by atoms with Crippen LogP contribution in [0.25, 0.3) is 11.1 Å². The minimum absolute atomic E-state index is 0.0439. The molecule has 168 valence electrons. The molecular weight excluding hydrogens is 425 g/mol. The van der Waals surface area contributed by atoms with E-state index in [2.05, 4.69) is 4.90 Å². The lowest BCUT2D eigenvalue weighted by Crippen LogP contribution is -2.32. The molecule has 2 aromatic carbocycles. The minimum Gasteiger partial charge on any atom is -0.493 e. The van der Waals surface area contributed by atoms with Crippen LogP contribution in [0.3, 0.4) is 0 Å². The number of nitrogens with zero attached hydrogens (tertiary/aromatic N) is 3. The number of aromatic hydroxyl groups is 1. The van der Waals surface area contributed by atoms with Crippen molar-refractivity contribution in [3.05, 3.63) is 76.1 Å². The van der Waals surface area contributed by atoms with E-state index < -0.39 is 0 Å². The summed E-state index contributed by atoms with van der Waals surface area (Å²) in [5, 5.41) is 10.2. The van der Waals surface area contributed by atoms with E-state index in [9.17, 15) is 14.3 Å². The zero-order valence-corrected chi connectivity index (χ0v) is 18.9. The van der Waals surface area contributed by atoms with E-state index in [-0.39, 0.29) is 23.4 Å². The van der Waals surface area contributed by atoms with E-state index in [1.54, 1.807) is 10.6 Å². The van der Waals surface area contributed by atoms with Crippen LogP contribution in [0, 0.1) is 5.82 Å². The second kappa shape index (κ2) is 9.16. The molecule has 1 N–H and O–H groups in total. The van der Waals surface area contributed by atoms with Gasteiger partial charge in [-0.15, -0.1) is 0 Å². The van der Waals surface area contributed by atoms with Gasteiger partial charge in [-0.05, 0) is 48.1 Å². The van der Waals surface area contributed by atoms with Gasteiger partial charge < -0.3 is 5.11 Å². The second-order valence-corrected chi connectivity index (χ2v) is 9.97. The Morgan fingerprint density at radius 3 is 2.41 bits per heavy atom. The quantitative estimate of drug-likeness (QED) is 0.598. The Hall–Kier alpha value is -2.51. The van der Waals surface area contributed by atoms with E-state index in [0.29, 0.717) is 13.1 Å². The summed E-state index contributed by atoms with van der Waals surface area (Å²) in [5.74, 6) is 2.10. The molecule has 2 aliphatic rings. The van der Waals surface area contributed by atoms with Crippen molar-refractivity contribution in [1.29, 1.82) is 0 Å². The average Bonchev–Trinajstić information content (AvgIpc) is 3.03. The number of benzene rings is 2. The first-order valence-corrected chi connectivity index (χ1v) is 12.4. The molecule has 1 aliphatic carbocycles. The normalized spacial score (nSPS) is 17.4. The van der Waals surface area contributed by atoms with E-state index in [1.807, 2.05) is 48.2 Å². The lowest BCUT2D eigenvalue weighted by Gasteiger charge is -2.26. The van der Waals surface area contributed by atoms with Crippen LogP contribution in [0.1, 0.15) is 36.4 Å². The number of rotatable bonds is 6. The van der Waals surface area contributed by atoms with E-state index >= 15 is 0 Å². The van der Waals surface area contributed by atoms with E-state index in [0.717, 1.165) is 66.1 Å². The third-order valence-electron chi connectivity index (χ3n) is 6.59. The smallest absolute Gasteiger partial charge is 0.331 e. The maximum atomic E-state index is 14.4. The van der Waals surface area contributed by atoms with Gasteiger partial charge in [-0.3, -0.25) is 14.0 Å². The molecule has 5 nitrogen and oxygen atoms in total. The molecule has 7 heteroatoms. The highest BCUT2D eigenvalue weighted by atomic mass is 32.2. The summed E-state index contributed by atoms with van der Waals surface area (Å²) >= 11 is 1.95. The molecule has 32 heavy (non-hydrogen) atoms. The molecule has 0 spiro atoms. The number of imidazole rings is 1. The summed E-state index contributed by atoms with van der Waals surface area (Å²) < 4.78 is 17.5. The summed E-state index contributed by atoms with van der Waals surface area (Å²) in [4.78, 5) is 15.0. The third kappa shape index (κ3) is 4.36. The molecule has 3 aromatic rings. The number of thioether (sulfide) groups is 1. The number of aromatic nitrogens is 2. The van der Waals surface area contributed by atoms with Crippen LogP contribution < -0.4 is 5.69 Å². The van der Waals surface area contributed by atoms with E-state index in [1.165, 1.54) is 10.8 Å². The Bertz CT molecular complexity index is 1140. The predicted molar refractivity (Wildman–Crippen MR) is 127 cm³/mol. The summed E-state index contributed by atoms with van der Waals surface area (Å²) in [6.07, 6.45) is 4.52. The highest BCUT2D eigenvalue weighted by Crippen LogP contribution is 2.33. The van der Waals surface area contributed by atoms with Crippen molar-refractivity contribution >= 4 is 11.8 Å². The first-order chi connectivity index (χ1) is 15.6. The van der Waals surface area contributed by atoms with Gasteiger partial charge in [0.25, 0.3) is 0 Å². The highest BCUT2D eigenvalue weighted by molar-refractivity contribution is 7.99. The number of hydrogen-bond acceptors (Lipinski definition) is 4. The number of halogens is 1. The topological polar surface area (TPSA) is 50.4 Å². The van der Waals surface area contributed by atoms with Crippen molar-refractivity contribution < 1.29 is 9.50 Å². The molecule has 2 heterocycles. The van der Waals surface area contributed by atoms with Crippen molar-refractivity contribution in [3.8, 4) is 17.0 Å². The Kier molecular flexibility index (Phi) is 6.11. The molecule has 5 rings (SSSR count). The van der Waals surface area contributed by atoms with Crippen LogP contribution in [0.2, 0.25) is 0 Å². The molecule has 0 unspecified atom stereocenters. The van der Waals surface area contributed by atoms with Crippen LogP contribution in [0.5, 0.6) is 5.88 Å². The van der Waals surface area contributed by atoms with Crippen molar-refractivity contribution in [1.82, 2.24) is 14.0 Å². The van der Waals surface area contributed by atoms with Crippen LogP contribution in [0.4, 0.5) is 4.39 Å². The van der Waals surface area contributed by atoms with Gasteiger partial charge in [0.2, 0.25) is 5.88 Å². The maximum absolute atomic E-state index is 14.4. The van der Waals surface area contributed by atoms with Gasteiger partial charge in [-0.25, -0.2) is 9.18 Å². The van der Waals surface area contributed by atoms with Crippen molar-refractivity contribution in [2.24, 2.45) is 0 Å². The van der Waals surface area contributed by atoms with Gasteiger partial charge in [0, 0.05) is 42.7 Å². The monoisotopic (exact) mass is 453 g/mol. The zero-order chi connectivity index (χ0) is 22.1. The van der Waals surface area contributed by atoms with Crippen molar-refractivity contribution in [2.45, 2.75) is 38.4 Å². The summed E-state index contributed by atoms with van der Waals surface area (Å²) in [7, 11) is 0. The molecule has 1 aromatic heterocycles. The van der Waals surface area contributed by atoms with Crippen LogP contribution in [0.15, 0.2) is 53.5 Å². The van der Waals surface area contributed by atoms with Gasteiger partial charge in [-0.2, -0.15) is 11.8 Å². The molecule has 0 amide bonds. The molecule has 1 saturated carbocycles. The standard InChI is InChI=1S/C25H28FN3O2S/c26-23-9-8-20(14-21(23)16-27-10-12-32-13-11-27)19-6-4-18(5-7-19)15-28-17-24(30)29(25(28)31)22-2-1-3-22/h4-9,14,17,22,30H,1-3,10-13,15-16H2. The van der Waals surface area contributed by atoms with Gasteiger partial charge >= 0.3 is 5.69 Å². The Morgan fingerprint density at radius 2 is 1.72 bits per heavy atom. The fourth-order valence-corrected chi connectivity index (χ4v) is 5.45. The molecule has 0 radical (unpaired) electrons. The van der Waals surface area contributed by atoms with Gasteiger partial charge in [0.15, 0.2) is 0 Å². The lowest BCUT2D eigenvalue weighted by molar-refractivity contribution is 0.273. The van der Waals surface area contributed by atoms with Crippen LogP contribution in [-0.2, 0) is 13.1 Å². The first-order valence-electron chi connectivity index (χ1n) is 11.3. The lowest BCUT2D eigenvalue weighted by atomic mass is 9.93. The Balaban J connectivity index is 1.32. The molecule has 0 atom stereocenters. The summed E-state index contributed by atoms with van der Waals surface area (Å²) in [5.41, 5.74) is 3.57. The van der Waals surface area contributed by atoms with Gasteiger partial charge in [-0.1, -0.05) is 30.3 Å². The zero-order valence-electron chi connectivity index (χ0n) is 18.0. The Morgan fingerprint density at radius 1 is 1.00 bits per heavy atom. The summed E-state index contributed by atoms with van der Waals surface area (Å²) in [6, 6.07) is 13.5. The van der Waals surface area contributed by atoms with Crippen LogP contribution >= 0.6 is 11.8 Å². The largest absolute Gasteiger partial charge is 0.493 e. The van der Waals surface area contributed by atoms with Crippen LogP contribution in [-0.4, -0.2) is 43.7 Å². The van der Waals surface area contributed by atoms with Crippen molar-refractivity contribution in [3.63, 3.8) is 0 Å². The minimum atomic E-state index is -0.157. The second-order valence-electron chi connectivity index (χ2n) is 8.74. The Labute approximate surface area is 191 Å². The number of hydrogen-bond donors (Lipinski definition) is 1. The molecule has 0 bridgehead atoms. The van der Waals surface area contributed by atoms with Crippen molar-refractivity contribution in [2.75, 3.05) is 24.6 Å². The molecule has 2 fully saturated rings. The molecular formula is C25H28FN3O2S. The fourth-order valence-electron chi connectivity index (χ4n) is 4.47. The third-order valence-corrected chi connectivity index (χ3v) is 7.54. The predicted octanol–water partition coefficient (Wildman–Crippen LogP) is 4.48. The fraction of sp³-hybridized carbons (Fsp3) is 0.400. The molecule has 1 aliphatic heterocycles. The summed E-state index contributed by atoms with van der Waals surface area (Å²) in [6.45, 7) is 3.05. The molecule has 1 saturated heterocycles.